The highest BCUT2D eigenvalue weighted by Gasteiger charge is 2.28. The maximum Gasteiger partial charge on any atom is 0.422 e. The number of halogens is 3. The molecule has 1 aliphatic heterocycles. The van der Waals surface area contributed by atoms with Gasteiger partial charge < -0.3 is 15.4 Å². The number of aryl methyl sites for hydroxylation is 1. The Hall–Kier alpha value is -2.62. The third-order valence-electron chi connectivity index (χ3n) is 4.25. The second kappa shape index (κ2) is 7.95. The molecule has 0 saturated carbocycles. The number of piperidine rings is 1. The van der Waals surface area contributed by atoms with Crippen LogP contribution in [0.5, 0.6) is 5.75 Å². The van der Waals surface area contributed by atoms with Crippen molar-refractivity contribution in [1.29, 1.82) is 0 Å². The fourth-order valence-electron chi connectivity index (χ4n) is 2.87. The van der Waals surface area contributed by atoms with Crippen LogP contribution < -0.4 is 15.4 Å². The molecule has 0 aliphatic carbocycles. The van der Waals surface area contributed by atoms with E-state index in [-0.39, 0.29) is 17.5 Å². The summed E-state index contributed by atoms with van der Waals surface area (Å²) in [6.07, 6.45) is -0.954. The largest absolute Gasteiger partial charge is 0.484 e. The molecule has 146 valence electrons. The number of alkyl halides is 3. The molecule has 0 unspecified atom stereocenters. The number of amides is 1. The molecule has 2 heterocycles. The highest BCUT2D eigenvalue weighted by atomic mass is 19.4. The molecule has 0 spiro atoms. The summed E-state index contributed by atoms with van der Waals surface area (Å²) in [4.78, 5) is 12.3. The summed E-state index contributed by atoms with van der Waals surface area (Å²) in [6.45, 7) is 2.04. The third kappa shape index (κ3) is 5.19. The molecule has 1 amide bonds. The Morgan fingerprint density at radius 3 is 2.78 bits per heavy atom. The van der Waals surface area contributed by atoms with Gasteiger partial charge in [0.1, 0.15) is 5.75 Å². The van der Waals surface area contributed by atoms with Crippen molar-refractivity contribution < 1.29 is 22.7 Å². The number of rotatable bonds is 5. The number of hydrogen-bond acceptors (Lipinski definition) is 5. The van der Waals surface area contributed by atoms with E-state index in [2.05, 4.69) is 20.9 Å². The lowest BCUT2D eigenvalue weighted by molar-refractivity contribution is -0.153. The van der Waals surface area contributed by atoms with Gasteiger partial charge in [-0.15, -0.1) is 5.10 Å². The molecule has 2 N–H and O–H groups in total. The van der Waals surface area contributed by atoms with Gasteiger partial charge in [0.25, 0.3) is 5.91 Å². The maximum absolute atomic E-state index is 12.3. The van der Waals surface area contributed by atoms with Crippen LogP contribution in [0.2, 0.25) is 0 Å². The predicted octanol–water partition coefficient (Wildman–Crippen LogP) is 2.70. The van der Waals surface area contributed by atoms with Gasteiger partial charge in [0.2, 0.25) is 0 Å². The number of nitrogens with zero attached hydrogens (tertiary/aromatic N) is 3. The van der Waals surface area contributed by atoms with Crippen LogP contribution >= 0.6 is 0 Å². The molecular weight excluding hydrogens is 363 g/mol. The third-order valence-corrected chi connectivity index (χ3v) is 4.25. The van der Waals surface area contributed by atoms with Gasteiger partial charge in [-0.3, -0.25) is 4.79 Å². The molecule has 7 nitrogen and oxygen atoms in total. The van der Waals surface area contributed by atoms with Crippen molar-refractivity contribution in [3.8, 4) is 5.75 Å². The Kier molecular flexibility index (Phi) is 5.64. The number of carbonyl (C=O) groups is 1. The van der Waals surface area contributed by atoms with E-state index in [0.717, 1.165) is 25.9 Å². The van der Waals surface area contributed by atoms with Gasteiger partial charge in [0.05, 0.1) is 12.2 Å². The number of benzene rings is 1. The number of anilines is 1. The average molecular weight is 383 g/mol. The van der Waals surface area contributed by atoms with Crippen molar-refractivity contribution >= 4 is 11.6 Å². The number of nitrogens with one attached hydrogen (secondary N) is 2. The van der Waals surface area contributed by atoms with Gasteiger partial charge in [0.15, 0.2) is 12.3 Å². The minimum absolute atomic E-state index is 0.113. The zero-order valence-corrected chi connectivity index (χ0v) is 14.7. The first-order valence-electron chi connectivity index (χ1n) is 8.56. The fourth-order valence-corrected chi connectivity index (χ4v) is 2.87. The molecule has 10 heteroatoms. The van der Waals surface area contributed by atoms with Crippen LogP contribution in [-0.2, 0) is 0 Å². The summed E-state index contributed by atoms with van der Waals surface area (Å²) in [5.74, 6) is -0.319. The molecule has 27 heavy (non-hydrogen) atoms. The first-order valence-corrected chi connectivity index (χ1v) is 8.56. The van der Waals surface area contributed by atoms with Crippen LogP contribution in [0.1, 0.15) is 34.9 Å². The van der Waals surface area contributed by atoms with Crippen molar-refractivity contribution in [2.24, 2.45) is 0 Å². The monoisotopic (exact) mass is 383 g/mol. The first kappa shape index (κ1) is 19.2. The number of ether oxygens (including phenoxy) is 1. The lowest BCUT2D eigenvalue weighted by Crippen LogP contribution is -2.29. The minimum Gasteiger partial charge on any atom is -0.484 e. The van der Waals surface area contributed by atoms with E-state index in [1.807, 2.05) is 0 Å². The zero-order chi connectivity index (χ0) is 19.4. The Labute approximate surface area is 153 Å². The summed E-state index contributed by atoms with van der Waals surface area (Å²) in [7, 11) is 0. The second-order valence-corrected chi connectivity index (χ2v) is 6.40. The Morgan fingerprint density at radius 2 is 2.11 bits per heavy atom. The second-order valence-electron chi connectivity index (χ2n) is 6.40. The molecule has 2 aromatic rings. The van der Waals surface area contributed by atoms with Crippen molar-refractivity contribution in [3.05, 3.63) is 35.7 Å². The Balaban J connectivity index is 1.62. The highest BCUT2D eigenvalue weighted by molar-refractivity contribution is 6.02. The van der Waals surface area contributed by atoms with E-state index in [4.69, 9.17) is 4.74 Å². The molecule has 1 aromatic carbocycles. The average Bonchev–Trinajstić information content (AvgIpc) is 3.11. The highest BCUT2D eigenvalue weighted by Crippen LogP contribution is 2.25. The summed E-state index contributed by atoms with van der Waals surface area (Å²) >= 11 is 0. The van der Waals surface area contributed by atoms with Gasteiger partial charge in [-0.2, -0.15) is 13.2 Å². The molecule has 1 saturated heterocycles. The predicted molar refractivity (Wildman–Crippen MR) is 91.8 cm³/mol. The van der Waals surface area contributed by atoms with Gasteiger partial charge in [0, 0.05) is 5.69 Å². The van der Waals surface area contributed by atoms with Crippen molar-refractivity contribution in [1.82, 2.24) is 20.3 Å². The summed E-state index contributed by atoms with van der Waals surface area (Å²) < 4.78 is 43.2. The molecule has 1 aliphatic rings. The maximum atomic E-state index is 12.3. The fraction of sp³-hybridized carbons (Fsp3) is 0.471. The van der Waals surface area contributed by atoms with Crippen LogP contribution in [0.15, 0.2) is 24.4 Å². The quantitative estimate of drug-likeness (QED) is 0.830. The Morgan fingerprint density at radius 1 is 1.37 bits per heavy atom. The molecule has 0 radical (unpaired) electrons. The van der Waals surface area contributed by atoms with E-state index in [1.165, 1.54) is 12.1 Å². The normalized spacial score (nSPS) is 15.6. The molecular formula is C17H20F3N5O2. The Bertz CT molecular complexity index is 800. The van der Waals surface area contributed by atoms with Crippen LogP contribution in [0.4, 0.5) is 18.9 Å². The lowest BCUT2D eigenvalue weighted by Gasteiger charge is -2.22. The van der Waals surface area contributed by atoms with E-state index in [0.29, 0.717) is 11.3 Å². The zero-order valence-electron chi connectivity index (χ0n) is 14.7. The standard InChI is InChI=1S/C17H20F3N5O2/c1-11-8-12(2-3-15(11)27-10-17(18,19)20)22-16(26)14-9-25(24-23-14)13-4-6-21-7-5-13/h2-3,8-9,13,21H,4-7,10H2,1H3,(H,22,26). The first-order chi connectivity index (χ1) is 12.8. The minimum atomic E-state index is -4.40. The van der Waals surface area contributed by atoms with Crippen molar-refractivity contribution in [2.75, 3.05) is 25.0 Å². The SMILES string of the molecule is Cc1cc(NC(=O)c2cn(C3CCNCC3)nn2)ccc1OCC(F)(F)F. The molecule has 0 atom stereocenters. The molecule has 3 rings (SSSR count). The van der Waals surface area contributed by atoms with Gasteiger partial charge in [-0.1, -0.05) is 5.21 Å². The van der Waals surface area contributed by atoms with Crippen molar-refractivity contribution in [2.45, 2.75) is 32.0 Å². The smallest absolute Gasteiger partial charge is 0.422 e. The summed E-state index contributed by atoms with van der Waals surface area (Å²) in [5, 5.41) is 13.9. The van der Waals surface area contributed by atoms with Gasteiger partial charge >= 0.3 is 6.18 Å². The van der Waals surface area contributed by atoms with E-state index in [9.17, 15) is 18.0 Å². The van der Waals surface area contributed by atoms with E-state index < -0.39 is 18.7 Å². The van der Waals surface area contributed by atoms with Crippen LogP contribution in [0.3, 0.4) is 0 Å². The van der Waals surface area contributed by atoms with Gasteiger partial charge in [-0.25, -0.2) is 4.68 Å². The summed E-state index contributed by atoms with van der Waals surface area (Å²) in [5.41, 5.74) is 1.10. The van der Waals surface area contributed by atoms with Gasteiger partial charge in [-0.05, 0) is 56.6 Å². The number of hydrogen-bond donors (Lipinski definition) is 2. The molecule has 1 fully saturated rings. The van der Waals surface area contributed by atoms with E-state index in [1.54, 1.807) is 23.9 Å². The van der Waals surface area contributed by atoms with Crippen LogP contribution in [-0.4, -0.2) is 46.8 Å². The molecule has 1 aromatic heterocycles. The van der Waals surface area contributed by atoms with Crippen LogP contribution in [0, 0.1) is 6.92 Å². The molecule has 0 bridgehead atoms. The van der Waals surface area contributed by atoms with E-state index >= 15 is 0 Å². The number of aromatic nitrogens is 3. The van der Waals surface area contributed by atoms with Crippen LogP contribution in [0.25, 0.3) is 0 Å². The topological polar surface area (TPSA) is 81.1 Å². The number of carbonyl (C=O) groups excluding carboxylic acids is 1. The lowest BCUT2D eigenvalue weighted by atomic mass is 10.1. The summed E-state index contributed by atoms with van der Waals surface area (Å²) in [6, 6.07) is 4.63. The van der Waals surface area contributed by atoms with Crippen molar-refractivity contribution in [3.63, 3.8) is 0 Å².